The van der Waals surface area contributed by atoms with Crippen molar-refractivity contribution in [2.75, 3.05) is 6.61 Å². The highest BCUT2D eigenvalue weighted by Crippen LogP contribution is 2.34. The van der Waals surface area contributed by atoms with Gasteiger partial charge in [0.1, 0.15) is 0 Å². The van der Waals surface area contributed by atoms with E-state index in [1.807, 2.05) is 19.1 Å². The van der Waals surface area contributed by atoms with E-state index in [9.17, 15) is 5.11 Å². The van der Waals surface area contributed by atoms with Crippen molar-refractivity contribution in [1.29, 1.82) is 0 Å². The predicted molar refractivity (Wildman–Crippen MR) is 77.5 cm³/mol. The number of phenolic OH excluding ortho intramolecular Hbond substituents is 1. The standard InChI is InChI=1S/C14H23NO2.ClH/c1-4-17-13-7-5-6-11(14(13)16)12(15)9-8-10(2)3;/h5-7,10,12,16H,4,8-9,15H2,1-3H3;1H/t12-;/m0./s1. The van der Waals surface area contributed by atoms with Gasteiger partial charge in [-0.2, -0.15) is 0 Å². The lowest BCUT2D eigenvalue weighted by molar-refractivity contribution is 0.315. The normalized spacial score (nSPS) is 12.1. The summed E-state index contributed by atoms with van der Waals surface area (Å²) in [5, 5.41) is 10.1. The molecule has 0 saturated carbocycles. The lowest BCUT2D eigenvalue weighted by Gasteiger charge is -2.16. The average Bonchev–Trinajstić information content (AvgIpc) is 2.29. The molecule has 0 amide bonds. The number of phenols is 1. The topological polar surface area (TPSA) is 55.5 Å². The van der Waals surface area contributed by atoms with Gasteiger partial charge in [-0.3, -0.25) is 0 Å². The lowest BCUT2D eigenvalue weighted by atomic mass is 9.97. The summed E-state index contributed by atoms with van der Waals surface area (Å²) in [6, 6.07) is 5.37. The molecule has 18 heavy (non-hydrogen) atoms. The highest BCUT2D eigenvalue weighted by atomic mass is 35.5. The largest absolute Gasteiger partial charge is 0.504 e. The minimum atomic E-state index is -0.127. The molecule has 0 radical (unpaired) electrons. The van der Waals surface area contributed by atoms with Crippen LogP contribution >= 0.6 is 12.4 Å². The molecule has 0 bridgehead atoms. The maximum atomic E-state index is 10.1. The van der Waals surface area contributed by atoms with Crippen LogP contribution in [0.1, 0.15) is 45.2 Å². The molecule has 0 aliphatic heterocycles. The van der Waals surface area contributed by atoms with Gasteiger partial charge in [0.05, 0.1) is 6.61 Å². The van der Waals surface area contributed by atoms with Crippen LogP contribution in [0.2, 0.25) is 0 Å². The second kappa shape index (κ2) is 8.22. The highest BCUT2D eigenvalue weighted by Gasteiger charge is 2.14. The first kappa shape index (κ1) is 17.1. The van der Waals surface area contributed by atoms with Crippen molar-refractivity contribution in [2.45, 2.75) is 39.7 Å². The first-order valence-electron chi connectivity index (χ1n) is 6.26. The van der Waals surface area contributed by atoms with Crippen molar-refractivity contribution < 1.29 is 9.84 Å². The van der Waals surface area contributed by atoms with Crippen LogP contribution in [0.4, 0.5) is 0 Å². The molecule has 3 N–H and O–H groups in total. The van der Waals surface area contributed by atoms with E-state index in [1.165, 1.54) is 0 Å². The summed E-state index contributed by atoms with van der Waals surface area (Å²) in [6.07, 6.45) is 1.93. The zero-order valence-corrected chi connectivity index (χ0v) is 12.2. The van der Waals surface area contributed by atoms with Crippen molar-refractivity contribution >= 4 is 12.4 Å². The summed E-state index contributed by atoms with van der Waals surface area (Å²) in [4.78, 5) is 0. The number of halogens is 1. The Kier molecular flexibility index (Phi) is 7.80. The number of hydrogen-bond donors (Lipinski definition) is 2. The fourth-order valence-corrected chi connectivity index (χ4v) is 1.78. The molecule has 1 aromatic carbocycles. The Balaban J connectivity index is 0.00000289. The van der Waals surface area contributed by atoms with Gasteiger partial charge in [-0.1, -0.05) is 26.0 Å². The van der Waals surface area contributed by atoms with Crippen LogP contribution < -0.4 is 10.5 Å². The molecule has 0 heterocycles. The van der Waals surface area contributed by atoms with Crippen LogP contribution in [0.3, 0.4) is 0 Å². The number of para-hydroxylation sites is 1. The summed E-state index contributed by atoms with van der Waals surface area (Å²) in [5.41, 5.74) is 6.87. The highest BCUT2D eigenvalue weighted by molar-refractivity contribution is 5.85. The summed E-state index contributed by atoms with van der Waals surface area (Å²) < 4.78 is 5.35. The molecule has 0 aliphatic rings. The van der Waals surface area contributed by atoms with Crippen LogP contribution in [0.25, 0.3) is 0 Å². The van der Waals surface area contributed by atoms with Crippen molar-refractivity contribution in [1.82, 2.24) is 0 Å². The maximum absolute atomic E-state index is 10.1. The fourth-order valence-electron chi connectivity index (χ4n) is 1.78. The first-order chi connectivity index (χ1) is 8.06. The van der Waals surface area contributed by atoms with E-state index in [0.717, 1.165) is 18.4 Å². The van der Waals surface area contributed by atoms with Gasteiger partial charge < -0.3 is 15.6 Å². The number of benzene rings is 1. The Morgan fingerprint density at radius 3 is 2.50 bits per heavy atom. The third-order valence-corrected chi connectivity index (χ3v) is 2.78. The second-order valence-corrected chi connectivity index (χ2v) is 4.70. The SMILES string of the molecule is CCOc1cccc([C@@H](N)CCC(C)C)c1O.Cl. The van der Waals surface area contributed by atoms with E-state index in [-0.39, 0.29) is 24.2 Å². The molecule has 0 unspecified atom stereocenters. The Morgan fingerprint density at radius 2 is 1.94 bits per heavy atom. The molecule has 1 atom stereocenters. The van der Waals surface area contributed by atoms with Gasteiger partial charge in [-0.05, 0) is 31.7 Å². The zero-order valence-electron chi connectivity index (χ0n) is 11.3. The van der Waals surface area contributed by atoms with Crippen LogP contribution in [-0.4, -0.2) is 11.7 Å². The lowest BCUT2D eigenvalue weighted by Crippen LogP contribution is -2.11. The van der Waals surface area contributed by atoms with E-state index < -0.39 is 0 Å². The van der Waals surface area contributed by atoms with E-state index >= 15 is 0 Å². The predicted octanol–water partition coefficient (Wildman–Crippen LogP) is 3.65. The average molecular weight is 274 g/mol. The van der Waals surface area contributed by atoms with E-state index in [4.69, 9.17) is 10.5 Å². The Hall–Kier alpha value is -0.930. The molecule has 0 spiro atoms. The minimum absolute atomic E-state index is 0. The molecule has 0 aliphatic carbocycles. The summed E-state index contributed by atoms with van der Waals surface area (Å²) in [7, 11) is 0. The van der Waals surface area contributed by atoms with Crippen molar-refractivity contribution in [3.8, 4) is 11.5 Å². The monoisotopic (exact) mass is 273 g/mol. The smallest absolute Gasteiger partial charge is 0.162 e. The van der Waals surface area contributed by atoms with Crippen molar-refractivity contribution in [2.24, 2.45) is 11.7 Å². The quantitative estimate of drug-likeness (QED) is 0.832. The summed E-state index contributed by atoms with van der Waals surface area (Å²) in [6.45, 7) is 6.77. The molecule has 1 aromatic rings. The first-order valence-corrected chi connectivity index (χ1v) is 6.26. The van der Waals surface area contributed by atoms with Gasteiger partial charge in [0, 0.05) is 11.6 Å². The van der Waals surface area contributed by atoms with Gasteiger partial charge in [0.2, 0.25) is 0 Å². The molecular weight excluding hydrogens is 250 g/mol. The number of aromatic hydroxyl groups is 1. The van der Waals surface area contributed by atoms with E-state index in [1.54, 1.807) is 6.07 Å². The number of rotatable bonds is 6. The molecule has 3 nitrogen and oxygen atoms in total. The van der Waals surface area contributed by atoms with E-state index in [2.05, 4.69) is 13.8 Å². The van der Waals surface area contributed by atoms with Crippen LogP contribution in [-0.2, 0) is 0 Å². The van der Waals surface area contributed by atoms with Gasteiger partial charge in [0.25, 0.3) is 0 Å². The number of hydrogen-bond acceptors (Lipinski definition) is 3. The van der Waals surface area contributed by atoms with Gasteiger partial charge >= 0.3 is 0 Å². The van der Waals surface area contributed by atoms with Gasteiger partial charge in [-0.25, -0.2) is 0 Å². The molecule has 0 saturated heterocycles. The number of nitrogens with two attached hydrogens (primary N) is 1. The molecule has 1 rings (SSSR count). The Labute approximate surface area is 116 Å². The second-order valence-electron chi connectivity index (χ2n) is 4.70. The molecular formula is C14H24ClNO2. The minimum Gasteiger partial charge on any atom is -0.504 e. The maximum Gasteiger partial charge on any atom is 0.162 e. The Morgan fingerprint density at radius 1 is 1.28 bits per heavy atom. The molecule has 0 fully saturated rings. The summed E-state index contributed by atoms with van der Waals surface area (Å²) in [5.74, 6) is 1.33. The van der Waals surface area contributed by atoms with Gasteiger partial charge in [0.15, 0.2) is 11.5 Å². The third-order valence-electron chi connectivity index (χ3n) is 2.78. The molecule has 0 aromatic heterocycles. The number of ether oxygens (including phenoxy) is 1. The van der Waals surface area contributed by atoms with Gasteiger partial charge in [-0.15, -0.1) is 12.4 Å². The van der Waals surface area contributed by atoms with Crippen LogP contribution in [0.15, 0.2) is 18.2 Å². The fraction of sp³-hybridized carbons (Fsp3) is 0.571. The van der Waals surface area contributed by atoms with Crippen LogP contribution in [0, 0.1) is 5.92 Å². The molecule has 104 valence electrons. The van der Waals surface area contributed by atoms with Crippen molar-refractivity contribution in [3.05, 3.63) is 23.8 Å². The van der Waals surface area contributed by atoms with Crippen molar-refractivity contribution in [3.63, 3.8) is 0 Å². The zero-order chi connectivity index (χ0) is 12.8. The molecule has 4 heteroatoms. The summed E-state index contributed by atoms with van der Waals surface area (Å²) >= 11 is 0. The van der Waals surface area contributed by atoms with Crippen LogP contribution in [0.5, 0.6) is 11.5 Å². The van der Waals surface area contributed by atoms with E-state index in [0.29, 0.717) is 18.3 Å². The Bertz CT molecular complexity index is 356. The third kappa shape index (κ3) is 4.75.